The second kappa shape index (κ2) is 6.52. The van der Waals surface area contributed by atoms with Crippen molar-refractivity contribution in [1.29, 1.82) is 0 Å². The van der Waals surface area contributed by atoms with Crippen molar-refractivity contribution in [2.45, 2.75) is 18.7 Å². The number of aryl methyl sites for hydroxylation is 1. The van der Waals surface area contributed by atoms with E-state index in [1.807, 2.05) is 37.3 Å². The van der Waals surface area contributed by atoms with Gasteiger partial charge in [-0.2, -0.15) is 0 Å². The smallest absolute Gasteiger partial charge is 0.311 e. The second-order valence-corrected chi connectivity index (χ2v) is 4.82. The Hall–Kier alpha value is -1.88. The van der Waals surface area contributed by atoms with Crippen LogP contribution in [0.4, 0.5) is 5.69 Å². The van der Waals surface area contributed by atoms with Crippen molar-refractivity contribution in [3.63, 3.8) is 0 Å². The van der Waals surface area contributed by atoms with Gasteiger partial charge >= 0.3 is 5.69 Å². The summed E-state index contributed by atoms with van der Waals surface area (Å²) >= 11 is 3.29. The first-order chi connectivity index (χ1) is 9.65. The Balaban J connectivity index is 2.40. The topological polar surface area (TPSA) is 52.4 Å². The number of rotatable bonds is 5. The van der Waals surface area contributed by atoms with Gasteiger partial charge in [-0.3, -0.25) is 10.1 Å². The molecule has 0 bridgehead atoms. The van der Waals surface area contributed by atoms with Crippen LogP contribution in [0.3, 0.4) is 0 Å². The normalized spacial score (nSPS) is 10.3. The van der Waals surface area contributed by atoms with Crippen molar-refractivity contribution in [2.75, 3.05) is 0 Å². The van der Waals surface area contributed by atoms with Gasteiger partial charge in [-0.05, 0) is 29.7 Å². The minimum atomic E-state index is -0.421. The van der Waals surface area contributed by atoms with Gasteiger partial charge in [0.25, 0.3) is 0 Å². The molecule has 0 aliphatic carbocycles. The molecule has 0 heterocycles. The Labute approximate surface area is 125 Å². The van der Waals surface area contributed by atoms with Crippen LogP contribution in [0.2, 0.25) is 0 Å². The summed E-state index contributed by atoms with van der Waals surface area (Å²) in [5.74, 6) is 0.922. The van der Waals surface area contributed by atoms with Gasteiger partial charge in [0, 0.05) is 11.4 Å². The van der Waals surface area contributed by atoms with Crippen molar-refractivity contribution in [3.8, 4) is 11.5 Å². The molecule has 0 spiro atoms. The van der Waals surface area contributed by atoms with Crippen LogP contribution in [0.1, 0.15) is 18.1 Å². The van der Waals surface area contributed by atoms with Gasteiger partial charge in [0.2, 0.25) is 5.75 Å². The Kier molecular flexibility index (Phi) is 4.74. The molecular weight excluding hydrogens is 322 g/mol. The Morgan fingerprint density at radius 3 is 2.60 bits per heavy atom. The van der Waals surface area contributed by atoms with Gasteiger partial charge in [0.05, 0.1) is 4.92 Å². The van der Waals surface area contributed by atoms with Gasteiger partial charge in [-0.25, -0.2) is 0 Å². The zero-order valence-corrected chi connectivity index (χ0v) is 12.6. The molecule has 0 saturated heterocycles. The number of nitro benzene ring substituents is 1. The summed E-state index contributed by atoms with van der Waals surface area (Å²) in [5, 5.41) is 11.7. The van der Waals surface area contributed by atoms with E-state index in [2.05, 4.69) is 15.9 Å². The van der Waals surface area contributed by atoms with E-state index < -0.39 is 4.92 Å². The monoisotopic (exact) mass is 335 g/mol. The van der Waals surface area contributed by atoms with Gasteiger partial charge in [0.15, 0.2) is 0 Å². The average Bonchev–Trinajstić information content (AvgIpc) is 2.48. The SMILES string of the molecule is CCc1ccccc1Oc1ccc(CBr)cc1[N+](=O)[O-]. The number of hydrogen-bond acceptors (Lipinski definition) is 3. The fourth-order valence-electron chi connectivity index (χ4n) is 1.89. The molecule has 0 atom stereocenters. The van der Waals surface area contributed by atoms with Crippen LogP contribution >= 0.6 is 15.9 Å². The zero-order chi connectivity index (χ0) is 14.5. The van der Waals surface area contributed by atoms with Crippen LogP contribution in [-0.2, 0) is 11.8 Å². The molecule has 5 heteroatoms. The highest BCUT2D eigenvalue weighted by Crippen LogP contribution is 2.34. The van der Waals surface area contributed by atoms with Gasteiger partial charge in [-0.1, -0.05) is 47.1 Å². The lowest BCUT2D eigenvalue weighted by Gasteiger charge is -2.10. The molecule has 0 aliphatic rings. The molecular formula is C15H14BrNO3. The van der Waals surface area contributed by atoms with E-state index >= 15 is 0 Å². The highest BCUT2D eigenvalue weighted by atomic mass is 79.9. The summed E-state index contributed by atoms with van der Waals surface area (Å²) < 4.78 is 5.74. The molecule has 4 nitrogen and oxygen atoms in total. The number of para-hydroxylation sites is 1. The molecule has 2 aromatic carbocycles. The Morgan fingerprint density at radius 1 is 1.20 bits per heavy atom. The highest BCUT2D eigenvalue weighted by molar-refractivity contribution is 9.08. The standard InChI is InChI=1S/C15H14BrNO3/c1-2-12-5-3-4-6-14(12)20-15-8-7-11(10-16)9-13(15)17(18)19/h3-9H,2,10H2,1H3. The predicted octanol–water partition coefficient (Wildman–Crippen LogP) is 4.84. The quantitative estimate of drug-likeness (QED) is 0.446. The van der Waals surface area contributed by atoms with Gasteiger partial charge in [0.1, 0.15) is 5.75 Å². The lowest BCUT2D eigenvalue weighted by Crippen LogP contribution is -1.96. The van der Waals surface area contributed by atoms with Crippen molar-refractivity contribution in [1.82, 2.24) is 0 Å². The number of halogens is 1. The maximum absolute atomic E-state index is 11.1. The van der Waals surface area contributed by atoms with Crippen molar-refractivity contribution < 1.29 is 9.66 Å². The van der Waals surface area contributed by atoms with E-state index in [0.717, 1.165) is 17.5 Å². The average molecular weight is 336 g/mol. The van der Waals surface area contributed by atoms with Crippen molar-refractivity contribution >= 4 is 21.6 Å². The van der Waals surface area contributed by atoms with Crippen LogP contribution in [0.25, 0.3) is 0 Å². The number of benzene rings is 2. The molecule has 104 valence electrons. The Bertz CT molecular complexity index is 628. The van der Waals surface area contributed by atoms with E-state index in [0.29, 0.717) is 11.1 Å². The van der Waals surface area contributed by atoms with Crippen LogP contribution in [0.5, 0.6) is 11.5 Å². The van der Waals surface area contributed by atoms with Crippen molar-refractivity contribution in [3.05, 3.63) is 63.7 Å². The molecule has 0 radical (unpaired) electrons. The van der Waals surface area contributed by atoms with Crippen LogP contribution in [-0.4, -0.2) is 4.92 Å². The first-order valence-electron chi connectivity index (χ1n) is 6.24. The molecule has 2 rings (SSSR count). The minimum Gasteiger partial charge on any atom is -0.450 e. The molecule has 0 amide bonds. The zero-order valence-electron chi connectivity index (χ0n) is 11.0. The number of hydrogen-bond donors (Lipinski definition) is 0. The number of alkyl halides is 1. The predicted molar refractivity (Wildman–Crippen MR) is 81.6 cm³/mol. The number of nitrogens with zero attached hydrogens (tertiary/aromatic N) is 1. The molecule has 0 unspecified atom stereocenters. The Morgan fingerprint density at radius 2 is 1.95 bits per heavy atom. The van der Waals surface area contributed by atoms with Gasteiger partial charge in [-0.15, -0.1) is 0 Å². The third kappa shape index (κ3) is 3.17. The molecule has 0 N–H and O–H groups in total. The summed E-state index contributed by atoms with van der Waals surface area (Å²) in [7, 11) is 0. The third-order valence-corrected chi connectivity index (χ3v) is 3.60. The summed E-state index contributed by atoms with van der Waals surface area (Å²) in [5.41, 5.74) is 1.84. The lowest BCUT2D eigenvalue weighted by molar-refractivity contribution is -0.385. The van der Waals surface area contributed by atoms with E-state index in [1.165, 1.54) is 6.07 Å². The maximum Gasteiger partial charge on any atom is 0.311 e. The number of nitro groups is 1. The van der Waals surface area contributed by atoms with Gasteiger partial charge < -0.3 is 4.74 Å². The maximum atomic E-state index is 11.1. The molecule has 0 saturated carbocycles. The largest absolute Gasteiger partial charge is 0.450 e. The van der Waals surface area contributed by atoms with Crippen LogP contribution in [0, 0.1) is 10.1 Å². The van der Waals surface area contributed by atoms with E-state index in [1.54, 1.807) is 6.07 Å². The fraction of sp³-hybridized carbons (Fsp3) is 0.200. The second-order valence-electron chi connectivity index (χ2n) is 4.26. The summed E-state index contributed by atoms with van der Waals surface area (Å²) in [4.78, 5) is 10.7. The minimum absolute atomic E-state index is 0.0205. The first-order valence-corrected chi connectivity index (χ1v) is 7.37. The molecule has 0 fully saturated rings. The summed E-state index contributed by atoms with van der Waals surface area (Å²) in [6.45, 7) is 2.02. The summed E-state index contributed by atoms with van der Waals surface area (Å²) in [6.07, 6.45) is 0.809. The van der Waals surface area contributed by atoms with Crippen LogP contribution < -0.4 is 4.74 Å². The molecule has 0 aromatic heterocycles. The van der Waals surface area contributed by atoms with E-state index in [4.69, 9.17) is 4.74 Å². The first kappa shape index (κ1) is 14.5. The number of ether oxygens (including phenoxy) is 1. The van der Waals surface area contributed by atoms with Crippen LogP contribution in [0.15, 0.2) is 42.5 Å². The van der Waals surface area contributed by atoms with Crippen molar-refractivity contribution in [2.24, 2.45) is 0 Å². The fourth-order valence-corrected chi connectivity index (χ4v) is 2.24. The molecule has 2 aromatic rings. The third-order valence-electron chi connectivity index (χ3n) is 2.95. The highest BCUT2D eigenvalue weighted by Gasteiger charge is 2.17. The van der Waals surface area contributed by atoms with E-state index in [-0.39, 0.29) is 11.4 Å². The van der Waals surface area contributed by atoms with E-state index in [9.17, 15) is 10.1 Å². The lowest BCUT2D eigenvalue weighted by atomic mass is 10.1. The summed E-state index contributed by atoms with van der Waals surface area (Å²) in [6, 6.07) is 12.5. The molecule has 0 aliphatic heterocycles. The molecule has 20 heavy (non-hydrogen) atoms.